The lowest BCUT2D eigenvalue weighted by Gasteiger charge is -2.31. The topological polar surface area (TPSA) is 88.2 Å². The molecule has 0 bridgehead atoms. The summed E-state index contributed by atoms with van der Waals surface area (Å²) in [6, 6.07) is 0. The lowest BCUT2D eigenvalue weighted by Crippen LogP contribution is -2.37. The molecule has 0 saturated heterocycles. The monoisotopic (exact) mass is 299 g/mol. The largest absolute Gasteiger partial charge is 0.396 e. The highest BCUT2D eigenvalue weighted by molar-refractivity contribution is 7.09. The molecule has 5 nitrogen and oxygen atoms in total. The van der Waals surface area contributed by atoms with Crippen LogP contribution in [-0.2, 0) is 6.42 Å². The predicted octanol–water partition coefficient (Wildman–Crippen LogP) is 1.56. The number of amides is 1. The second-order valence-electron chi connectivity index (χ2n) is 5.03. The fourth-order valence-electron chi connectivity index (χ4n) is 2.19. The Morgan fingerprint density at radius 3 is 2.75 bits per heavy atom. The number of nitrogens with two attached hydrogens (primary N) is 1. The van der Waals surface area contributed by atoms with Crippen molar-refractivity contribution in [3.05, 3.63) is 16.1 Å². The van der Waals surface area contributed by atoms with Crippen LogP contribution in [0, 0.1) is 5.41 Å². The second kappa shape index (κ2) is 8.34. The zero-order valence-corrected chi connectivity index (χ0v) is 13.1. The van der Waals surface area contributed by atoms with E-state index < -0.39 is 0 Å². The number of carbonyl (C=O) groups is 1. The molecule has 1 rings (SSSR count). The Morgan fingerprint density at radius 2 is 2.20 bits per heavy atom. The van der Waals surface area contributed by atoms with Gasteiger partial charge in [0.15, 0.2) is 0 Å². The molecule has 0 saturated carbocycles. The van der Waals surface area contributed by atoms with E-state index in [1.54, 1.807) is 5.38 Å². The molecule has 4 N–H and O–H groups in total. The number of hydrogen-bond acceptors (Lipinski definition) is 5. The van der Waals surface area contributed by atoms with E-state index >= 15 is 0 Å². The molecule has 0 fully saturated rings. The third kappa shape index (κ3) is 4.54. The number of aromatic nitrogens is 1. The van der Waals surface area contributed by atoms with Crippen molar-refractivity contribution in [3.63, 3.8) is 0 Å². The van der Waals surface area contributed by atoms with E-state index in [1.807, 2.05) is 0 Å². The zero-order valence-electron chi connectivity index (χ0n) is 12.3. The second-order valence-corrected chi connectivity index (χ2v) is 5.97. The Kier molecular flexibility index (Phi) is 7.12. The van der Waals surface area contributed by atoms with E-state index in [2.05, 4.69) is 24.1 Å². The van der Waals surface area contributed by atoms with Crippen molar-refractivity contribution in [3.8, 4) is 0 Å². The maximum absolute atomic E-state index is 12.1. The van der Waals surface area contributed by atoms with Gasteiger partial charge >= 0.3 is 0 Å². The van der Waals surface area contributed by atoms with Gasteiger partial charge in [0, 0.05) is 25.0 Å². The normalized spacial score (nSPS) is 11.6. The summed E-state index contributed by atoms with van der Waals surface area (Å²) in [4.78, 5) is 16.4. The summed E-state index contributed by atoms with van der Waals surface area (Å²) in [5.74, 6) is -0.145. The molecule has 1 amide bonds. The van der Waals surface area contributed by atoms with Gasteiger partial charge in [0.05, 0.1) is 5.01 Å². The first-order chi connectivity index (χ1) is 9.60. The number of rotatable bonds is 9. The molecule has 0 aliphatic rings. The first-order valence-electron chi connectivity index (χ1n) is 7.14. The molecule has 1 aromatic rings. The number of hydrogen-bond donors (Lipinski definition) is 3. The van der Waals surface area contributed by atoms with E-state index in [4.69, 9.17) is 5.73 Å². The van der Waals surface area contributed by atoms with Gasteiger partial charge in [-0.05, 0) is 31.2 Å². The maximum atomic E-state index is 12.1. The Labute approximate surface area is 124 Å². The first-order valence-corrected chi connectivity index (χ1v) is 8.02. The minimum atomic E-state index is -0.145. The van der Waals surface area contributed by atoms with Crippen LogP contribution in [-0.4, -0.2) is 35.7 Å². The third-order valence-corrected chi connectivity index (χ3v) is 4.82. The highest BCUT2D eigenvalue weighted by atomic mass is 32.1. The van der Waals surface area contributed by atoms with Crippen molar-refractivity contribution < 1.29 is 9.90 Å². The minimum absolute atomic E-state index is 0.0273. The van der Waals surface area contributed by atoms with Crippen molar-refractivity contribution in [2.75, 3.05) is 19.7 Å². The van der Waals surface area contributed by atoms with Gasteiger partial charge in [-0.25, -0.2) is 4.98 Å². The molecular weight excluding hydrogens is 274 g/mol. The van der Waals surface area contributed by atoms with Crippen molar-refractivity contribution in [1.29, 1.82) is 0 Å². The van der Waals surface area contributed by atoms with Gasteiger partial charge in [-0.1, -0.05) is 13.8 Å². The third-order valence-electron chi connectivity index (χ3n) is 3.91. The van der Waals surface area contributed by atoms with Gasteiger partial charge in [0.25, 0.3) is 5.91 Å². The van der Waals surface area contributed by atoms with Crippen LogP contribution in [0.5, 0.6) is 0 Å². The number of nitrogens with one attached hydrogen (secondary N) is 1. The molecule has 0 spiro atoms. The average Bonchev–Trinajstić information content (AvgIpc) is 2.92. The highest BCUT2D eigenvalue weighted by Crippen LogP contribution is 2.29. The van der Waals surface area contributed by atoms with Crippen LogP contribution < -0.4 is 11.1 Å². The van der Waals surface area contributed by atoms with Crippen LogP contribution in [0.2, 0.25) is 0 Å². The molecule has 0 atom stereocenters. The SMILES string of the molecule is CCC(CC)(CCO)CNC(=O)c1csc(CCN)n1. The zero-order chi connectivity index (χ0) is 15.0. The number of nitrogens with zero attached hydrogens (tertiary/aromatic N) is 1. The van der Waals surface area contributed by atoms with E-state index in [-0.39, 0.29) is 17.9 Å². The molecule has 114 valence electrons. The summed E-state index contributed by atoms with van der Waals surface area (Å²) in [5.41, 5.74) is 5.91. The van der Waals surface area contributed by atoms with Gasteiger partial charge in [0.2, 0.25) is 0 Å². The quantitative estimate of drug-likeness (QED) is 0.645. The molecule has 1 aromatic heterocycles. The van der Waals surface area contributed by atoms with Crippen molar-refractivity contribution in [2.45, 2.75) is 39.5 Å². The van der Waals surface area contributed by atoms with E-state index in [0.717, 1.165) is 17.8 Å². The van der Waals surface area contributed by atoms with Gasteiger partial charge in [-0.2, -0.15) is 0 Å². The first kappa shape index (κ1) is 17.1. The number of carbonyl (C=O) groups excluding carboxylic acids is 1. The van der Waals surface area contributed by atoms with Crippen LogP contribution in [0.25, 0.3) is 0 Å². The predicted molar refractivity (Wildman–Crippen MR) is 81.9 cm³/mol. The number of aliphatic hydroxyl groups excluding tert-OH is 1. The van der Waals surface area contributed by atoms with E-state index in [1.165, 1.54) is 11.3 Å². The van der Waals surface area contributed by atoms with E-state index in [0.29, 0.717) is 31.6 Å². The highest BCUT2D eigenvalue weighted by Gasteiger charge is 2.26. The molecule has 0 aliphatic heterocycles. The smallest absolute Gasteiger partial charge is 0.270 e. The molecule has 0 aliphatic carbocycles. The Hall–Kier alpha value is -0.980. The van der Waals surface area contributed by atoms with Crippen LogP contribution >= 0.6 is 11.3 Å². The number of aliphatic hydroxyl groups is 1. The Bertz CT molecular complexity index is 416. The minimum Gasteiger partial charge on any atom is -0.396 e. The van der Waals surface area contributed by atoms with Crippen molar-refractivity contribution in [1.82, 2.24) is 10.3 Å². The fourth-order valence-corrected chi connectivity index (χ4v) is 2.99. The van der Waals surface area contributed by atoms with Gasteiger partial charge in [-0.3, -0.25) is 4.79 Å². The molecule has 0 radical (unpaired) electrons. The van der Waals surface area contributed by atoms with Crippen LogP contribution in [0.3, 0.4) is 0 Å². The summed E-state index contributed by atoms with van der Waals surface area (Å²) in [6.45, 7) is 5.44. The Morgan fingerprint density at radius 1 is 1.50 bits per heavy atom. The van der Waals surface area contributed by atoms with Crippen molar-refractivity contribution >= 4 is 17.2 Å². The summed E-state index contributed by atoms with van der Waals surface area (Å²) < 4.78 is 0. The Balaban J connectivity index is 2.60. The standard InChI is InChI=1S/C14H25N3O2S/c1-3-14(4-2,6-8-18)10-16-13(19)11-9-20-12(17-11)5-7-15/h9,18H,3-8,10,15H2,1-2H3,(H,16,19). The van der Waals surface area contributed by atoms with Gasteiger partial charge in [-0.15, -0.1) is 11.3 Å². The molecular formula is C14H25N3O2S. The summed E-state index contributed by atoms with van der Waals surface area (Å²) in [6.07, 6.45) is 3.27. The molecule has 6 heteroatoms. The van der Waals surface area contributed by atoms with E-state index in [9.17, 15) is 9.90 Å². The molecule has 0 aromatic carbocycles. The van der Waals surface area contributed by atoms with Crippen molar-refractivity contribution in [2.24, 2.45) is 11.1 Å². The fraction of sp³-hybridized carbons (Fsp3) is 0.714. The molecule has 20 heavy (non-hydrogen) atoms. The lowest BCUT2D eigenvalue weighted by atomic mass is 9.79. The van der Waals surface area contributed by atoms with Crippen LogP contribution in [0.1, 0.15) is 48.6 Å². The van der Waals surface area contributed by atoms with Gasteiger partial charge in [0.1, 0.15) is 5.69 Å². The maximum Gasteiger partial charge on any atom is 0.270 e. The summed E-state index contributed by atoms with van der Waals surface area (Å²) in [7, 11) is 0. The van der Waals surface area contributed by atoms with Crippen LogP contribution in [0.4, 0.5) is 0 Å². The van der Waals surface area contributed by atoms with Crippen LogP contribution in [0.15, 0.2) is 5.38 Å². The summed E-state index contributed by atoms with van der Waals surface area (Å²) >= 11 is 1.47. The number of thiazole rings is 1. The molecule has 0 unspecified atom stereocenters. The summed E-state index contributed by atoms with van der Waals surface area (Å²) in [5, 5.41) is 14.8. The van der Waals surface area contributed by atoms with Gasteiger partial charge < -0.3 is 16.2 Å². The average molecular weight is 299 g/mol. The molecule has 1 heterocycles. The lowest BCUT2D eigenvalue weighted by molar-refractivity contribution is 0.0903.